The molecule has 1 aromatic carbocycles. The highest BCUT2D eigenvalue weighted by atomic mass is 16.3. The lowest BCUT2D eigenvalue weighted by atomic mass is 10.1. The molecule has 25 heavy (non-hydrogen) atoms. The van der Waals surface area contributed by atoms with E-state index in [-0.39, 0.29) is 12.0 Å². The maximum absolute atomic E-state index is 12.7. The average Bonchev–Trinajstić information content (AvgIpc) is 3.01. The number of aryl methyl sites for hydroxylation is 1. The molecule has 1 aromatic rings. The Bertz CT molecular complexity index is 582. The Hall–Kier alpha value is -1.59. The van der Waals surface area contributed by atoms with E-state index >= 15 is 0 Å². The van der Waals surface area contributed by atoms with Crippen molar-refractivity contribution in [1.82, 2.24) is 9.80 Å². The van der Waals surface area contributed by atoms with E-state index in [4.69, 9.17) is 0 Å². The lowest BCUT2D eigenvalue weighted by Crippen LogP contribution is -2.51. The summed E-state index contributed by atoms with van der Waals surface area (Å²) in [5, 5.41) is 9.64. The molecule has 5 nitrogen and oxygen atoms in total. The maximum Gasteiger partial charge on any atom is 0.236 e. The van der Waals surface area contributed by atoms with E-state index in [9.17, 15) is 9.90 Å². The zero-order valence-electron chi connectivity index (χ0n) is 15.5. The molecule has 2 heterocycles. The second kappa shape index (κ2) is 8.19. The van der Waals surface area contributed by atoms with Gasteiger partial charge in [-0.15, -0.1) is 0 Å². The molecule has 1 N–H and O–H groups in total. The van der Waals surface area contributed by atoms with Crippen LogP contribution in [-0.2, 0) is 4.79 Å². The number of piperazine rings is 1. The minimum atomic E-state index is -0.293. The highest BCUT2D eigenvalue weighted by Gasteiger charge is 2.29. The van der Waals surface area contributed by atoms with E-state index in [0.29, 0.717) is 12.6 Å². The number of benzene rings is 1. The first-order chi connectivity index (χ1) is 12.0. The number of rotatable bonds is 5. The molecule has 0 aliphatic carbocycles. The Balaban J connectivity index is 1.50. The van der Waals surface area contributed by atoms with E-state index in [1.54, 1.807) is 0 Å². The van der Waals surface area contributed by atoms with Crippen molar-refractivity contribution < 1.29 is 9.90 Å². The predicted octanol–water partition coefficient (Wildman–Crippen LogP) is 1.88. The van der Waals surface area contributed by atoms with Crippen LogP contribution in [0.3, 0.4) is 0 Å². The van der Waals surface area contributed by atoms with E-state index in [2.05, 4.69) is 41.0 Å². The van der Waals surface area contributed by atoms with E-state index in [1.807, 2.05) is 11.8 Å². The lowest BCUT2D eigenvalue weighted by Gasteiger charge is -2.37. The Kier molecular flexibility index (Phi) is 5.97. The molecule has 2 saturated heterocycles. The number of aliphatic hydroxyl groups excluding tert-OH is 1. The van der Waals surface area contributed by atoms with Crippen LogP contribution in [0.4, 0.5) is 5.69 Å². The van der Waals surface area contributed by atoms with Crippen LogP contribution < -0.4 is 4.90 Å². The van der Waals surface area contributed by atoms with Crippen molar-refractivity contribution in [2.75, 3.05) is 44.2 Å². The largest absolute Gasteiger partial charge is 0.393 e. The minimum absolute atomic E-state index is 0.237. The highest BCUT2D eigenvalue weighted by Crippen LogP contribution is 2.22. The number of carbonyl (C=O) groups excluding carboxylic acids is 1. The SMILES string of the molecule is Cc1cccc(N2CCN(C(=O)CN3CCCC3CC(C)O)CC2)c1. The van der Waals surface area contributed by atoms with Gasteiger partial charge < -0.3 is 14.9 Å². The summed E-state index contributed by atoms with van der Waals surface area (Å²) in [4.78, 5) is 19.3. The molecule has 0 bridgehead atoms. The topological polar surface area (TPSA) is 47.0 Å². The van der Waals surface area contributed by atoms with Crippen molar-refractivity contribution in [2.45, 2.75) is 45.3 Å². The van der Waals surface area contributed by atoms with E-state index in [1.165, 1.54) is 11.3 Å². The van der Waals surface area contributed by atoms with Gasteiger partial charge in [-0.3, -0.25) is 9.69 Å². The number of amides is 1. The molecule has 5 heteroatoms. The Morgan fingerprint density at radius 2 is 2.00 bits per heavy atom. The van der Waals surface area contributed by atoms with Crippen LogP contribution in [0.25, 0.3) is 0 Å². The number of aliphatic hydroxyl groups is 1. The van der Waals surface area contributed by atoms with Crippen molar-refractivity contribution >= 4 is 11.6 Å². The third kappa shape index (κ3) is 4.73. The molecule has 138 valence electrons. The Morgan fingerprint density at radius 3 is 2.68 bits per heavy atom. The smallest absolute Gasteiger partial charge is 0.236 e. The van der Waals surface area contributed by atoms with E-state index < -0.39 is 0 Å². The quantitative estimate of drug-likeness (QED) is 0.885. The third-order valence-electron chi connectivity index (χ3n) is 5.45. The van der Waals surface area contributed by atoms with Crippen LogP contribution in [0.2, 0.25) is 0 Å². The molecule has 2 atom stereocenters. The fourth-order valence-electron chi connectivity index (χ4n) is 4.08. The first kappa shape index (κ1) is 18.2. The standard InChI is InChI=1S/C20H31N3O2/c1-16-5-3-6-18(13-16)21-9-11-22(12-10-21)20(25)15-23-8-4-7-19(23)14-17(2)24/h3,5-6,13,17,19,24H,4,7-12,14-15H2,1-2H3. The zero-order chi connectivity index (χ0) is 17.8. The third-order valence-corrected chi connectivity index (χ3v) is 5.45. The van der Waals surface area contributed by atoms with Crippen molar-refractivity contribution in [1.29, 1.82) is 0 Å². The summed E-state index contributed by atoms with van der Waals surface area (Å²) in [6.07, 6.45) is 2.71. The van der Waals surface area contributed by atoms with Gasteiger partial charge in [0.05, 0.1) is 12.6 Å². The number of likely N-dealkylation sites (tertiary alicyclic amines) is 1. The van der Waals surface area contributed by atoms with Crippen LogP contribution in [0.5, 0.6) is 0 Å². The van der Waals surface area contributed by atoms with Gasteiger partial charge in [0.2, 0.25) is 5.91 Å². The van der Waals surface area contributed by atoms with Gasteiger partial charge in [-0.05, 0) is 57.4 Å². The zero-order valence-corrected chi connectivity index (χ0v) is 15.5. The Labute approximate surface area is 151 Å². The molecule has 2 aliphatic heterocycles. The molecule has 0 radical (unpaired) electrons. The minimum Gasteiger partial charge on any atom is -0.393 e. The lowest BCUT2D eigenvalue weighted by molar-refractivity contribution is -0.133. The van der Waals surface area contributed by atoms with Gasteiger partial charge in [0.1, 0.15) is 0 Å². The monoisotopic (exact) mass is 345 g/mol. The molecule has 2 fully saturated rings. The van der Waals surface area contributed by atoms with Crippen LogP contribution >= 0.6 is 0 Å². The Morgan fingerprint density at radius 1 is 1.24 bits per heavy atom. The van der Waals surface area contributed by atoms with Crippen LogP contribution in [0.1, 0.15) is 31.7 Å². The summed E-state index contributed by atoms with van der Waals surface area (Å²) in [5.74, 6) is 0.237. The van der Waals surface area contributed by atoms with Gasteiger partial charge in [-0.25, -0.2) is 0 Å². The number of anilines is 1. The molecule has 1 amide bonds. The van der Waals surface area contributed by atoms with Crippen LogP contribution in [0.15, 0.2) is 24.3 Å². The molecule has 2 unspecified atom stereocenters. The summed E-state index contributed by atoms with van der Waals surface area (Å²) in [7, 11) is 0. The molecule has 0 aromatic heterocycles. The molecular formula is C20H31N3O2. The molecular weight excluding hydrogens is 314 g/mol. The fraction of sp³-hybridized carbons (Fsp3) is 0.650. The predicted molar refractivity (Wildman–Crippen MR) is 101 cm³/mol. The van der Waals surface area contributed by atoms with Crippen molar-refractivity contribution in [3.63, 3.8) is 0 Å². The highest BCUT2D eigenvalue weighted by molar-refractivity contribution is 5.78. The van der Waals surface area contributed by atoms with Crippen LogP contribution in [0, 0.1) is 6.92 Å². The van der Waals surface area contributed by atoms with Gasteiger partial charge in [-0.1, -0.05) is 12.1 Å². The van der Waals surface area contributed by atoms with E-state index in [0.717, 1.165) is 52.0 Å². The summed E-state index contributed by atoms with van der Waals surface area (Å²) >= 11 is 0. The second-order valence-electron chi connectivity index (χ2n) is 7.56. The maximum atomic E-state index is 12.7. The number of nitrogens with zero attached hydrogens (tertiary/aromatic N) is 3. The fourth-order valence-corrected chi connectivity index (χ4v) is 4.08. The molecule has 0 spiro atoms. The molecule has 0 saturated carbocycles. The van der Waals surface area contributed by atoms with Crippen molar-refractivity contribution in [2.24, 2.45) is 0 Å². The molecule has 3 rings (SSSR count). The normalized spacial score (nSPS) is 23.1. The van der Waals surface area contributed by atoms with Crippen molar-refractivity contribution in [3.05, 3.63) is 29.8 Å². The summed E-state index contributed by atoms with van der Waals surface area (Å²) < 4.78 is 0. The number of carbonyl (C=O) groups is 1. The van der Waals surface area contributed by atoms with Crippen LogP contribution in [-0.4, -0.2) is 72.2 Å². The van der Waals surface area contributed by atoms with Gasteiger partial charge in [0, 0.05) is 37.9 Å². The summed E-state index contributed by atoms with van der Waals surface area (Å²) in [6, 6.07) is 8.93. The first-order valence-electron chi connectivity index (χ1n) is 9.54. The average molecular weight is 345 g/mol. The number of hydrogen-bond acceptors (Lipinski definition) is 4. The van der Waals surface area contributed by atoms with Gasteiger partial charge in [0.25, 0.3) is 0 Å². The molecule has 2 aliphatic rings. The second-order valence-corrected chi connectivity index (χ2v) is 7.56. The van der Waals surface area contributed by atoms with Gasteiger partial charge >= 0.3 is 0 Å². The first-order valence-corrected chi connectivity index (χ1v) is 9.54. The number of hydrogen-bond donors (Lipinski definition) is 1. The summed E-state index contributed by atoms with van der Waals surface area (Å²) in [5.41, 5.74) is 2.53. The van der Waals surface area contributed by atoms with Gasteiger partial charge in [0.15, 0.2) is 0 Å². The summed E-state index contributed by atoms with van der Waals surface area (Å²) in [6.45, 7) is 8.81. The van der Waals surface area contributed by atoms with Gasteiger partial charge in [-0.2, -0.15) is 0 Å². The van der Waals surface area contributed by atoms with Crippen molar-refractivity contribution in [3.8, 4) is 0 Å².